The van der Waals surface area contributed by atoms with Gasteiger partial charge in [-0.3, -0.25) is 0 Å². The molecule has 1 aromatic heterocycles. The second-order valence-electron chi connectivity index (χ2n) is 4.37. The van der Waals surface area contributed by atoms with Gasteiger partial charge in [0.1, 0.15) is 11.5 Å². The van der Waals surface area contributed by atoms with Crippen LogP contribution in [0.5, 0.6) is 0 Å². The number of rotatable bonds is 3. The van der Waals surface area contributed by atoms with E-state index in [1.54, 1.807) is 13.8 Å². The van der Waals surface area contributed by atoms with Crippen LogP contribution < -0.4 is 5.32 Å². The molecule has 0 radical (unpaired) electrons. The fraction of sp³-hybridized carbons (Fsp3) is 0.286. The van der Waals surface area contributed by atoms with Crippen molar-refractivity contribution < 1.29 is 13.2 Å². The largest absolute Gasteiger partial charge is 0.369 e. The summed E-state index contributed by atoms with van der Waals surface area (Å²) in [5.74, 6) is -2.88. The third kappa shape index (κ3) is 2.59. The summed E-state index contributed by atoms with van der Waals surface area (Å²) in [6.45, 7) is 5.89. The number of nitrogens with zero attached hydrogens (tertiary/aromatic N) is 2. The molecule has 1 aromatic carbocycles. The summed E-state index contributed by atoms with van der Waals surface area (Å²) in [7, 11) is 0. The normalized spacial score (nSPS) is 10.7. The summed E-state index contributed by atoms with van der Waals surface area (Å²) >= 11 is 0. The molecule has 3 nitrogen and oxygen atoms in total. The summed E-state index contributed by atoms with van der Waals surface area (Å²) in [6.07, 6.45) is 0. The smallest absolute Gasteiger partial charge is 0.161 e. The van der Waals surface area contributed by atoms with Gasteiger partial charge in [0.05, 0.1) is 11.4 Å². The van der Waals surface area contributed by atoms with Crippen LogP contribution in [0.3, 0.4) is 0 Å². The molecule has 1 N–H and O–H groups in total. The molecule has 0 bridgehead atoms. The molecule has 0 atom stereocenters. The van der Waals surface area contributed by atoms with Crippen molar-refractivity contribution in [3.63, 3.8) is 0 Å². The Balaban J connectivity index is 2.68. The molecule has 20 heavy (non-hydrogen) atoms. The molecule has 0 aliphatic heterocycles. The fourth-order valence-electron chi connectivity index (χ4n) is 1.79. The predicted octanol–water partition coefficient (Wildman–Crippen LogP) is 3.61. The molecule has 0 aliphatic carbocycles. The number of anilines is 1. The first-order valence-corrected chi connectivity index (χ1v) is 6.18. The van der Waals surface area contributed by atoms with Crippen molar-refractivity contribution in [2.75, 3.05) is 11.9 Å². The molecular formula is C14H14F3N3. The summed E-state index contributed by atoms with van der Waals surface area (Å²) in [4.78, 5) is 8.51. The molecule has 0 unspecified atom stereocenters. The first-order chi connectivity index (χ1) is 9.43. The van der Waals surface area contributed by atoms with E-state index in [0.29, 0.717) is 29.8 Å². The Labute approximate surface area is 114 Å². The van der Waals surface area contributed by atoms with Gasteiger partial charge in [-0.2, -0.15) is 0 Å². The highest BCUT2D eigenvalue weighted by molar-refractivity contribution is 5.72. The second-order valence-corrected chi connectivity index (χ2v) is 4.37. The average molecular weight is 281 g/mol. The number of halogens is 3. The Morgan fingerprint density at radius 1 is 0.950 bits per heavy atom. The topological polar surface area (TPSA) is 37.8 Å². The van der Waals surface area contributed by atoms with Crippen molar-refractivity contribution in [3.8, 4) is 11.3 Å². The Bertz CT molecular complexity index is 657. The Morgan fingerprint density at radius 2 is 1.55 bits per heavy atom. The number of hydrogen-bond donors (Lipinski definition) is 1. The molecule has 0 amide bonds. The van der Waals surface area contributed by atoms with Gasteiger partial charge < -0.3 is 5.32 Å². The van der Waals surface area contributed by atoms with Crippen molar-refractivity contribution in [3.05, 3.63) is 41.0 Å². The van der Waals surface area contributed by atoms with E-state index in [9.17, 15) is 13.2 Å². The van der Waals surface area contributed by atoms with Gasteiger partial charge in [0.2, 0.25) is 0 Å². The lowest BCUT2D eigenvalue weighted by Crippen LogP contribution is -2.07. The lowest BCUT2D eigenvalue weighted by atomic mass is 10.1. The van der Waals surface area contributed by atoms with Gasteiger partial charge in [-0.25, -0.2) is 23.1 Å². The molecule has 2 rings (SSSR count). The van der Waals surface area contributed by atoms with Gasteiger partial charge in [0.25, 0.3) is 0 Å². The summed E-state index contributed by atoms with van der Waals surface area (Å²) in [5.41, 5.74) is 1.35. The van der Waals surface area contributed by atoms with Gasteiger partial charge in [-0.15, -0.1) is 0 Å². The molecule has 0 fully saturated rings. The minimum atomic E-state index is -1.23. The molecule has 6 heteroatoms. The standard InChI is InChI=1S/C14H14F3N3/c1-4-18-14-13(19-7(2)8(3)20-14)9-5-11(16)12(17)6-10(9)15/h5-6H,4H2,1-3H3,(H,18,20). The Morgan fingerprint density at radius 3 is 2.20 bits per heavy atom. The third-order valence-corrected chi connectivity index (χ3v) is 2.92. The molecule has 0 saturated heterocycles. The lowest BCUT2D eigenvalue weighted by Gasteiger charge is -2.12. The van der Waals surface area contributed by atoms with E-state index in [4.69, 9.17) is 0 Å². The van der Waals surface area contributed by atoms with Crippen molar-refractivity contribution in [2.45, 2.75) is 20.8 Å². The van der Waals surface area contributed by atoms with Crippen LogP contribution in [0.1, 0.15) is 18.3 Å². The van der Waals surface area contributed by atoms with Crippen molar-refractivity contribution >= 4 is 5.82 Å². The first-order valence-electron chi connectivity index (χ1n) is 6.18. The van der Waals surface area contributed by atoms with Crippen molar-refractivity contribution in [2.24, 2.45) is 0 Å². The number of hydrogen-bond acceptors (Lipinski definition) is 3. The van der Waals surface area contributed by atoms with E-state index in [0.717, 1.165) is 6.07 Å². The summed E-state index contributed by atoms with van der Waals surface area (Å²) < 4.78 is 40.2. The van der Waals surface area contributed by atoms with Crippen LogP contribution in [0.15, 0.2) is 12.1 Å². The molecule has 0 spiro atoms. The van der Waals surface area contributed by atoms with E-state index in [-0.39, 0.29) is 11.3 Å². The van der Waals surface area contributed by atoms with Crippen LogP contribution in [-0.2, 0) is 0 Å². The van der Waals surface area contributed by atoms with Crippen LogP contribution >= 0.6 is 0 Å². The average Bonchev–Trinajstić information content (AvgIpc) is 2.38. The maximum absolute atomic E-state index is 13.9. The number of aryl methyl sites for hydroxylation is 2. The number of nitrogens with one attached hydrogen (secondary N) is 1. The van der Waals surface area contributed by atoms with E-state index >= 15 is 0 Å². The van der Waals surface area contributed by atoms with Gasteiger partial charge in [0.15, 0.2) is 17.5 Å². The van der Waals surface area contributed by atoms with Crippen molar-refractivity contribution in [1.29, 1.82) is 0 Å². The highest BCUT2D eigenvalue weighted by Crippen LogP contribution is 2.29. The lowest BCUT2D eigenvalue weighted by molar-refractivity contribution is 0.496. The maximum atomic E-state index is 13.9. The minimum Gasteiger partial charge on any atom is -0.369 e. The van der Waals surface area contributed by atoms with Gasteiger partial charge in [-0.1, -0.05) is 0 Å². The third-order valence-electron chi connectivity index (χ3n) is 2.92. The summed E-state index contributed by atoms with van der Waals surface area (Å²) in [6, 6.07) is 1.31. The van der Waals surface area contributed by atoms with E-state index in [2.05, 4.69) is 15.3 Å². The van der Waals surface area contributed by atoms with Crippen LogP contribution in [0, 0.1) is 31.3 Å². The zero-order chi connectivity index (χ0) is 14.9. The highest BCUT2D eigenvalue weighted by Gasteiger charge is 2.17. The first kappa shape index (κ1) is 14.3. The van der Waals surface area contributed by atoms with E-state index in [1.807, 2.05) is 6.92 Å². The van der Waals surface area contributed by atoms with Crippen LogP contribution in [-0.4, -0.2) is 16.5 Å². The van der Waals surface area contributed by atoms with Gasteiger partial charge in [0, 0.05) is 18.2 Å². The van der Waals surface area contributed by atoms with Gasteiger partial charge in [-0.05, 0) is 26.8 Å². The van der Waals surface area contributed by atoms with E-state index < -0.39 is 17.5 Å². The highest BCUT2D eigenvalue weighted by atomic mass is 19.2. The SMILES string of the molecule is CCNc1nc(C)c(C)nc1-c1cc(F)c(F)cc1F. The molecule has 0 saturated carbocycles. The van der Waals surface area contributed by atoms with Crippen molar-refractivity contribution in [1.82, 2.24) is 9.97 Å². The molecule has 106 valence electrons. The zero-order valence-corrected chi connectivity index (χ0v) is 11.4. The van der Waals surface area contributed by atoms with Crippen LogP contribution in [0.25, 0.3) is 11.3 Å². The monoisotopic (exact) mass is 281 g/mol. The second kappa shape index (κ2) is 5.48. The Kier molecular flexibility index (Phi) is 3.92. The fourth-order valence-corrected chi connectivity index (χ4v) is 1.79. The zero-order valence-electron chi connectivity index (χ0n) is 11.4. The predicted molar refractivity (Wildman–Crippen MR) is 71.0 cm³/mol. The quantitative estimate of drug-likeness (QED) is 0.873. The number of aromatic nitrogens is 2. The van der Waals surface area contributed by atoms with Crippen LogP contribution in [0.2, 0.25) is 0 Å². The van der Waals surface area contributed by atoms with E-state index in [1.165, 1.54) is 0 Å². The molecular weight excluding hydrogens is 267 g/mol. The Hall–Kier alpha value is -2.11. The minimum absolute atomic E-state index is 0.115. The summed E-state index contributed by atoms with van der Waals surface area (Å²) in [5, 5.41) is 2.95. The van der Waals surface area contributed by atoms with Crippen LogP contribution in [0.4, 0.5) is 19.0 Å². The maximum Gasteiger partial charge on any atom is 0.161 e. The molecule has 1 heterocycles. The molecule has 0 aliphatic rings. The van der Waals surface area contributed by atoms with Gasteiger partial charge >= 0.3 is 0 Å². The molecule has 2 aromatic rings. The number of benzene rings is 1.